The molecule has 3 nitrogen and oxygen atoms in total. The van der Waals surface area contributed by atoms with Gasteiger partial charge < -0.3 is 10.4 Å². The van der Waals surface area contributed by atoms with Crippen LogP contribution in [0.1, 0.15) is 22.8 Å². The van der Waals surface area contributed by atoms with Gasteiger partial charge in [-0.25, -0.2) is 4.39 Å². The normalized spacial score (nSPS) is 12.2. The number of nitrogens with one attached hydrogen (secondary N) is 1. The highest BCUT2D eigenvalue weighted by molar-refractivity contribution is 7.97. The second kappa shape index (κ2) is 6.61. The molecule has 0 spiro atoms. The Kier molecular flexibility index (Phi) is 5.44. The Morgan fingerprint density at radius 2 is 2.29 bits per heavy atom. The summed E-state index contributed by atoms with van der Waals surface area (Å²) in [5.74, 6) is -0.0664. The van der Waals surface area contributed by atoms with Crippen molar-refractivity contribution >= 4 is 17.7 Å². The first-order valence-corrected chi connectivity index (χ1v) is 6.67. The minimum absolute atomic E-state index is 0.189. The van der Waals surface area contributed by atoms with Crippen molar-refractivity contribution in [3.8, 4) is 0 Å². The van der Waals surface area contributed by atoms with Crippen LogP contribution in [0.3, 0.4) is 0 Å². The largest absolute Gasteiger partial charge is 0.392 e. The summed E-state index contributed by atoms with van der Waals surface area (Å²) in [6, 6.07) is 4.28. The molecule has 1 aromatic carbocycles. The van der Waals surface area contributed by atoms with Crippen molar-refractivity contribution in [3.63, 3.8) is 0 Å². The van der Waals surface area contributed by atoms with E-state index in [0.29, 0.717) is 16.9 Å². The quantitative estimate of drug-likeness (QED) is 0.845. The van der Waals surface area contributed by atoms with Gasteiger partial charge in [-0.15, -0.1) is 0 Å². The molecule has 0 saturated heterocycles. The second-order valence-corrected chi connectivity index (χ2v) is 4.66. The van der Waals surface area contributed by atoms with Crippen LogP contribution in [-0.4, -0.2) is 29.9 Å². The van der Waals surface area contributed by atoms with Gasteiger partial charge in [0.25, 0.3) is 5.91 Å². The van der Waals surface area contributed by atoms with E-state index in [2.05, 4.69) is 5.32 Å². The lowest BCUT2D eigenvalue weighted by molar-refractivity contribution is 0.0924. The maximum absolute atomic E-state index is 13.3. The van der Waals surface area contributed by atoms with E-state index in [0.717, 1.165) is 0 Å². The first kappa shape index (κ1) is 14.0. The molecule has 0 fully saturated rings. The van der Waals surface area contributed by atoms with Gasteiger partial charge in [-0.2, -0.15) is 11.8 Å². The number of amides is 1. The Morgan fingerprint density at radius 3 is 2.88 bits per heavy atom. The molecule has 1 atom stereocenters. The summed E-state index contributed by atoms with van der Waals surface area (Å²) < 4.78 is 13.3. The van der Waals surface area contributed by atoms with Crippen molar-refractivity contribution in [1.29, 1.82) is 0 Å². The van der Waals surface area contributed by atoms with E-state index >= 15 is 0 Å². The average Bonchev–Trinajstić information content (AvgIpc) is 2.29. The summed E-state index contributed by atoms with van der Waals surface area (Å²) in [5, 5.41) is 11.6. The number of benzene rings is 1. The fourth-order valence-corrected chi connectivity index (χ4v) is 1.86. The van der Waals surface area contributed by atoms with E-state index < -0.39 is 6.10 Å². The summed E-state index contributed by atoms with van der Waals surface area (Å²) in [6.45, 7) is 1.78. The number of hydrogen-bond donors (Lipinski definition) is 2. The molecule has 1 rings (SSSR count). The maximum atomic E-state index is 13.3. The summed E-state index contributed by atoms with van der Waals surface area (Å²) >= 11 is 1.50. The van der Waals surface area contributed by atoms with Crippen LogP contribution in [0, 0.1) is 5.82 Å². The number of thioether (sulfide) groups is 1. The first-order chi connectivity index (χ1) is 8.04. The van der Waals surface area contributed by atoms with Crippen molar-refractivity contribution in [2.24, 2.45) is 0 Å². The monoisotopic (exact) mass is 257 g/mol. The molecule has 0 radical (unpaired) electrons. The molecule has 94 valence electrons. The molecule has 0 aliphatic carbocycles. The number of aliphatic hydroxyl groups excluding tert-OH is 1. The van der Waals surface area contributed by atoms with Crippen molar-refractivity contribution < 1.29 is 14.3 Å². The van der Waals surface area contributed by atoms with E-state index in [-0.39, 0.29) is 18.3 Å². The fraction of sp³-hybridized carbons (Fsp3) is 0.417. The zero-order valence-electron chi connectivity index (χ0n) is 9.87. The van der Waals surface area contributed by atoms with Crippen molar-refractivity contribution in [1.82, 2.24) is 5.32 Å². The topological polar surface area (TPSA) is 49.3 Å². The summed E-state index contributed by atoms with van der Waals surface area (Å²) in [4.78, 5) is 11.7. The SMILES string of the molecule is CSCc1cc(C(=O)NCC(C)O)ccc1F. The van der Waals surface area contributed by atoms with Gasteiger partial charge in [0.15, 0.2) is 0 Å². The highest BCUT2D eigenvalue weighted by atomic mass is 32.2. The van der Waals surface area contributed by atoms with Crippen LogP contribution in [0.4, 0.5) is 4.39 Å². The van der Waals surface area contributed by atoms with Crippen molar-refractivity contribution in [2.75, 3.05) is 12.8 Å². The Balaban J connectivity index is 2.76. The van der Waals surface area contributed by atoms with Crippen molar-refractivity contribution in [3.05, 3.63) is 35.1 Å². The molecule has 1 amide bonds. The molecule has 2 N–H and O–H groups in total. The second-order valence-electron chi connectivity index (χ2n) is 3.80. The highest BCUT2D eigenvalue weighted by Gasteiger charge is 2.09. The molecule has 5 heteroatoms. The van der Waals surface area contributed by atoms with Crippen LogP contribution < -0.4 is 5.32 Å². The van der Waals surface area contributed by atoms with E-state index in [1.807, 2.05) is 6.26 Å². The molecular weight excluding hydrogens is 241 g/mol. The van der Waals surface area contributed by atoms with Crippen LogP contribution in [0.25, 0.3) is 0 Å². The van der Waals surface area contributed by atoms with E-state index in [9.17, 15) is 9.18 Å². The number of carbonyl (C=O) groups excluding carboxylic acids is 1. The van der Waals surface area contributed by atoms with Gasteiger partial charge in [0.2, 0.25) is 0 Å². The zero-order chi connectivity index (χ0) is 12.8. The summed E-state index contributed by atoms with van der Waals surface area (Å²) in [6.07, 6.45) is 1.28. The predicted octanol–water partition coefficient (Wildman–Crippen LogP) is 1.80. The van der Waals surface area contributed by atoms with Crippen LogP contribution in [0.2, 0.25) is 0 Å². The highest BCUT2D eigenvalue weighted by Crippen LogP contribution is 2.15. The number of halogens is 1. The number of rotatable bonds is 5. The van der Waals surface area contributed by atoms with Gasteiger partial charge in [-0.3, -0.25) is 4.79 Å². The maximum Gasteiger partial charge on any atom is 0.251 e. The van der Waals surface area contributed by atoms with Gasteiger partial charge in [-0.05, 0) is 36.9 Å². The third-order valence-electron chi connectivity index (χ3n) is 2.17. The number of aliphatic hydroxyl groups is 1. The Morgan fingerprint density at radius 1 is 1.59 bits per heavy atom. The lowest BCUT2D eigenvalue weighted by Gasteiger charge is -2.08. The molecule has 1 aromatic rings. The third-order valence-corrected chi connectivity index (χ3v) is 2.77. The molecule has 0 aromatic heterocycles. The van der Waals surface area contributed by atoms with Crippen molar-refractivity contribution in [2.45, 2.75) is 18.8 Å². The average molecular weight is 257 g/mol. The number of hydrogen-bond acceptors (Lipinski definition) is 3. The van der Waals surface area contributed by atoms with Gasteiger partial charge >= 0.3 is 0 Å². The van der Waals surface area contributed by atoms with E-state index in [1.165, 1.54) is 23.9 Å². The smallest absolute Gasteiger partial charge is 0.251 e. The Bertz CT molecular complexity index is 396. The third kappa shape index (κ3) is 4.36. The Labute approximate surface area is 104 Å². The van der Waals surface area contributed by atoms with E-state index in [4.69, 9.17) is 5.11 Å². The minimum Gasteiger partial charge on any atom is -0.392 e. The van der Waals surface area contributed by atoms with Crippen LogP contribution in [0.5, 0.6) is 0 Å². The predicted molar refractivity (Wildman–Crippen MR) is 67.6 cm³/mol. The van der Waals surface area contributed by atoms with Crippen LogP contribution in [-0.2, 0) is 5.75 Å². The summed E-state index contributed by atoms with van der Waals surface area (Å²) in [7, 11) is 0. The molecular formula is C12H16FNO2S. The standard InChI is InChI=1S/C12H16FNO2S/c1-8(15)6-14-12(16)9-3-4-11(13)10(5-9)7-17-2/h3-5,8,15H,6-7H2,1-2H3,(H,14,16). The fourth-order valence-electron chi connectivity index (χ4n) is 1.32. The molecule has 1 unspecified atom stereocenters. The Hall–Kier alpha value is -1.07. The summed E-state index contributed by atoms with van der Waals surface area (Å²) in [5.41, 5.74) is 0.929. The lowest BCUT2D eigenvalue weighted by atomic mass is 10.1. The molecule has 0 bridgehead atoms. The first-order valence-electron chi connectivity index (χ1n) is 5.28. The molecule has 0 heterocycles. The minimum atomic E-state index is -0.593. The lowest BCUT2D eigenvalue weighted by Crippen LogP contribution is -2.30. The molecule has 0 aliphatic heterocycles. The van der Waals surface area contributed by atoms with Gasteiger partial charge in [0.1, 0.15) is 5.82 Å². The number of carbonyl (C=O) groups is 1. The van der Waals surface area contributed by atoms with E-state index in [1.54, 1.807) is 13.0 Å². The molecule has 0 aliphatic rings. The zero-order valence-corrected chi connectivity index (χ0v) is 10.7. The van der Waals surface area contributed by atoms with Gasteiger partial charge in [-0.1, -0.05) is 0 Å². The van der Waals surface area contributed by atoms with Crippen LogP contribution in [0.15, 0.2) is 18.2 Å². The van der Waals surface area contributed by atoms with Crippen LogP contribution >= 0.6 is 11.8 Å². The molecule has 0 saturated carbocycles. The molecule has 17 heavy (non-hydrogen) atoms. The van der Waals surface area contributed by atoms with Gasteiger partial charge in [0, 0.05) is 17.9 Å². The van der Waals surface area contributed by atoms with Gasteiger partial charge in [0.05, 0.1) is 6.10 Å².